The van der Waals surface area contributed by atoms with E-state index in [1.54, 1.807) is 32.8 Å². The molecule has 27 heavy (non-hydrogen) atoms. The van der Waals surface area contributed by atoms with Crippen molar-refractivity contribution < 1.29 is 9.59 Å². The largest absolute Gasteiger partial charge is 0.369 e. The highest BCUT2D eigenvalue weighted by Crippen LogP contribution is 2.14. The number of halogens is 1. The van der Waals surface area contributed by atoms with E-state index in [2.05, 4.69) is 15.6 Å². The van der Waals surface area contributed by atoms with Crippen LogP contribution in [0.15, 0.2) is 29.3 Å². The van der Waals surface area contributed by atoms with Gasteiger partial charge in [-0.05, 0) is 44.9 Å². The number of nitrogens with two attached hydrogens (primary N) is 1. The number of amides is 2. The van der Waals surface area contributed by atoms with E-state index in [-0.39, 0.29) is 35.8 Å². The molecule has 0 spiro atoms. The number of nitrogens with zero attached hydrogens (tertiary/aromatic N) is 2. The average Bonchev–Trinajstić information content (AvgIpc) is 2.59. The Bertz CT molecular complexity index is 659. The maximum Gasteiger partial charge on any atom is 0.253 e. The van der Waals surface area contributed by atoms with Crippen LogP contribution in [-0.2, 0) is 11.2 Å². The third kappa shape index (κ3) is 8.59. The molecule has 1 rings (SSSR count). The molecule has 1 aromatic rings. The van der Waals surface area contributed by atoms with E-state index in [1.807, 2.05) is 31.2 Å². The Balaban J connectivity index is 0.00000676. The molecule has 2 amide bonds. The van der Waals surface area contributed by atoms with Crippen molar-refractivity contribution in [3.05, 3.63) is 35.4 Å². The first-order valence-corrected chi connectivity index (χ1v) is 8.80. The molecule has 0 aliphatic carbocycles. The SMILES string of the molecule is CCNC(=NCC(C)(C)C(N)=O)NCCc1cccc(C(=O)N(C)C)c1.I. The fraction of sp³-hybridized carbons (Fsp3) is 0.526. The zero-order chi connectivity index (χ0) is 19.7. The Hall–Kier alpha value is -1.84. The van der Waals surface area contributed by atoms with Crippen LogP contribution in [0.25, 0.3) is 0 Å². The van der Waals surface area contributed by atoms with Crippen LogP contribution >= 0.6 is 24.0 Å². The van der Waals surface area contributed by atoms with Crippen LogP contribution in [0.4, 0.5) is 0 Å². The smallest absolute Gasteiger partial charge is 0.253 e. The molecule has 0 aliphatic heterocycles. The van der Waals surface area contributed by atoms with Crippen molar-refractivity contribution in [3.8, 4) is 0 Å². The lowest BCUT2D eigenvalue weighted by atomic mass is 9.93. The minimum Gasteiger partial charge on any atom is -0.369 e. The fourth-order valence-electron chi connectivity index (χ4n) is 2.14. The van der Waals surface area contributed by atoms with Crippen LogP contribution in [0.1, 0.15) is 36.7 Å². The minimum atomic E-state index is -0.691. The lowest BCUT2D eigenvalue weighted by Gasteiger charge is -2.19. The topological polar surface area (TPSA) is 99.8 Å². The Morgan fingerprint density at radius 3 is 2.44 bits per heavy atom. The van der Waals surface area contributed by atoms with Gasteiger partial charge < -0.3 is 21.3 Å². The van der Waals surface area contributed by atoms with Gasteiger partial charge in [0.1, 0.15) is 0 Å². The molecule has 0 bridgehead atoms. The molecule has 0 saturated carbocycles. The molecule has 0 heterocycles. The standard InChI is InChI=1S/C19H31N5O2.HI/c1-6-21-18(23-13-19(2,3)17(20)26)22-11-10-14-8-7-9-15(12-14)16(25)24(4)5;/h7-9,12H,6,10-11,13H2,1-5H3,(H2,20,26)(H2,21,22,23);1H. The van der Waals surface area contributed by atoms with Gasteiger partial charge in [-0.1, -0.05) is 12.1 Å². The summed E-state index contributed by atoms with van der Waals surface area (Å²) in [6, 6.07) is 7.61. The number of carbonyl (C=O) groups is 2. The molecule has 0 fully saturated rings. The first kappa shape index (κ1) is 25.2. The number of hydrogen-bond acceptors (Lipinski definition) is 3. The van der Waals surface area contributed by atoms with E-state index in [1.165, 1.54) is 0 Å². The number of benzene rings is 1. The zero-order valence-electron chi connectivity index (χ0n) is 16.8. The Morgan fingerprint density at radius 2 is 1.89 bits per heavy atom. The van der Waals surface area contributed by atoms with Crippen molar-refractivity contribution in [2.24, 2.45) is 16.1 Å². The first-order chi connectivity index (χ1) is 12.2. The lowest BCUT2D eigenvalue weighted by molar-refractivity contribution is -0.125. The summed E-state index contributed by atoms with van der Waals surface area (Å²) in [6.07, 6.45) is 0.748. The van der Waals surface area contributed by atoms with Crippen LogP contribution in [-0.4, -0.2) is 56.4 Å². The maximum absolute atomic E-state index is 12.0. The van der Waals surface area contributed by atoms with Gasteiger partial charge in [-0.25, -0.2) is 0 Å². The second kappa shape index (κ2) is 11.8. The third-order valence-electron chi connectivity index (χ3n) is 3.93. The van der Waals surface area contributed by atoms with Crippen LogP contribution in [0.5, 0.6) is 0 Å². The van der Waals surface area contributed by atoms with E-state index < -0.39 is 5.41 Å². The molecule has 0 unspecified atom stereocenters. The highest BCUT2D eigenvalue weighted by Gasteiger charge is 2.24. The van der Waals surface area contributed by atoms with Gasteiger partial charge in [0, 0.05) is 32.7 Å². The van der Waals surface area contributed by atoms with Gasteiger partial charge in [-0.3, -0.25) is 14.6 Å². The molecule has 1 aromatic carbocycles. The number of primary amides is 1. The highest BCUT2D eigenvalue weighted by molar-refractivity contribution is 14.0. The number of aliphatic imine (C=N–C) groups is 1. The van der Waals surface area contributed by atoms with Gasteiger partial charge in [0.05, 0.1) is 12.0 Å². The van der Waals surface area contributed by atoms with Crippen molar-refractivity contribution in [2.45, 2.75) is 27.2 Å². The number of nitrogens with one attached hydrogen (secondary N) is 2. The Morgan fingerprint density at radius 1 is 1.22 bits per heavy atom. The van der Waals surface area contributed by atoms with Gasteiger partial charge in [0.25, 0.3) is 5.91 Å². The van der Waals surface area contributed by atoms with Gasteiger partial charge in [0.15, 0.2) is 5.96 Å². The highest BCUT2D eigenvalue weighted by atomic mass is 127. The summed E-state index contributed by atoms with van der Waals surface area (Å²) in [5.74, 6) is 0.255. The summed E-state index contributed by atoms with van der Waals surface area (Å²) in [5, 5.41) is 6.39. The lowest BCUT2D eigenvalue weighted by Crippen LogP contribution is -2.40. The summed E-state index contributed by atoms with van der Waals surface area (Å²) >= 11 is 0. The summed E-state index contributed by atoms with van der Waals surface area (Å²) in [4.78, 5) is 29.5. The maximum atomic E-state index is 12.0. The van der Waals surface area contributed by atoms with Gasteiger partial charge >= 0.3 is 0 Å². The Kier molecular flexibility index (Phi) is 11.0. The normalized spacial score (nSPS) is 11.4. The molecule has 8 heteroatoms. The van der Waals surface area contributed by atoms with Crippen molar-refractivity contribution in [1.29, 1.82) is 0 Å². The third-order valence-corrected chi connectivity index (χ3v) is 3.93. The predicted octanol–water partition coefficient (Wildman–Crippen LogP) is 1.62. The summed E-state index contributed by atoms with van der Waals surface area (Å²) < 4.78 is 0. The summed E-state index contributed by atoms with van der Waals surface area (Å²) in [7, 11) is 3.48. The quantitative estimate of drug-likeness (QED) is 0.294. The molecule has 152 valence electrons. The van der Waals surface area contributed by atoms with Gasteiger partial charge in [-0.2, -0.15) is 0 Å². The zero-order valence-corrected chi connectivity index (χ0v) is 19.2. The molecule has 0 atom stereocenters. The molecular formula is C19H32IN5O2. The van der Waals surface area contributed by atoms with Crippen molar-refractivity contribution in [3.63, 3.8) is 0 Å². The van der Waals surface area contributed by atoms with Gasteiger partial charge in [-0.15, -0.1) is 24.0 Å². The van der Waals surface area contributed by atoms with Crippen LogP contribution in [0.3, 0.4) is 0 Å². The van der Waals surface area contributed by atoms with E-state index >= 15 is 0 Å². The molecule has 4 N–H and O–H groups in total. The number of carbonyl (C=O) groups excluding carboxylic acids is 2. The number of hydrogen-bond donors (Lipinski definition) is 3. The summed E-state index contributed by atoms with van der Waals surface area (Å²) in [5.41, 5.74) is 6.44. The van der Waals surface area contributed by atoms with Crippen LogP contribution in [0.2, 0.25) is 0 Å². The molecule has 0 aromatic heterocycles. The van der Waals surface area contributed by atoms with Crippen LogP contribution in [0, 0.1) is 5.41 Å². The van der Waals surface area contributed by atoms with Crippen molar-refractivity contribution in [1.82, 2.24) is 15.5 Å². The fourth-order valence-corrected chi connectivity index (χ4v) is 2.14. The molecule has 0 aliphatic rings. The first-order valence-electron chi connectivity index (χ1n) is 8.80. The second-order valence-electron chi connectivity index (χ2n) is 7.02. The number of rotatable bonds is 8. The monoisotopic (exact) mass is 489 g/mol. The van der Waals surface area contributed by atoms with E-state index in [0.29, 0.717) is 24.6 Å². The van der Waals surface area contributed by atoms with Crippen molar-refractivity contribution in [2.75, 3.05) is 33.7 Å². The Labute approximate surface area is 179 Å². The predicted molar refractivity (Wildman–Crippen MR) is 121 cm³/mol. The second-order valence-corrected chi connectivity index (χ2v) is 7.02. The van der Waals surface area contributed by atoms with Crippen molar-refractivity contribution >= 4 is 41.8 Å². The van der Waals surface area contributed by atoms with E-state index in [0.717, 1.165) is 18.5 Å². The molecule has 0 saturated heterocycles. The average molecular weight is 489 g/mol. The summed E-state index contributed by atoms with van der Waals surface area (Å²) in [6.45, 7) is 7.21. The number of guanidine groups is 1. The molecule has 7 nitrogen and oxygen atoms in total. The minimum absolute atomic E-state index is 0. The van der Waals surface area contributed by atoms with E-state index in [4.69, 9.17) is 5.73 Å². The van der Waals surface area contributed by atoms with Crippen LogP contribution < -0.4 is 16.4 Å². The molecular weight excluding hydrogens is 457 g/mol. The molecule has 0 radical (unpaired) electrons. The van der Waals surface area contributed by atoms with Gasteiger partial charge in [0.2, 0.25) is 5.91 Å². The van der Waals surface area contributed by atoms with E-state index in [9.17, 15) is 9.59 Å².